The Morgan fingerprint density at radius 2 is 2.14 bits per heavy atom. The highest BCUT2D eigenvalue weighted by atomic mass is 32.1. The van der Waals surface area contributed by atoms with Crippen molar-refractivity contribution in [2.75, 3.05) is 11.9 Å². The van der Waals surface area contributed by atoms with E-state index in [1.54, 1.807) is 0 Å². The molecule has 1 atom stereocenters. The van der Waals surface area contributed by atoms with Crippen LogP contribution in [0.1, 0.15) is 62.8 Å². The fourth-order valence-electron chi connectivity index (χ4n) is 2.63. The van der Waals surface area contributed by atoms with Crippen molar-refractivity contribution < 1.29 is 9.90 Å². The van der Waals surface area contributed by atoms with E-state index in [2.05, 4.69) is 20.8 Å². The second-order valence-electron chi connectivity index (χ2n) is 5.65. The van der Waals surface area contributed by atoms with Crippen LogP contribution in [0.2, 0.25) is 0 Å². The van der Waals surface area contributed by atoms with Gasteiger partial charge in [0.25, 0.3) is 0 Å². The smallest absolute Gasteiger partial charge is 0.321 e. The molecule has 1 heterocycles. The quantitative estimate of drug-likeness (QED) is 0.754. The molecule has 0 spiro atoms. The highest BCUT2D eigenvalue weighted by molar-refractivity contribution is 7.15. The van der Waals surface area contributed by atoms with Crippen LogP contribution in [-0.4, -0.2) is 34.0 Å². The Balaban J connectivity index is 1.80. The molecule has 1 aromatic rings. The molecule has 0 aromatic carbocycles. The molecule has 0 aliphatic heterocycles. The minimum absolute atomic E-state index is 0.0305. The third-order valence-electron chi connectivity index (χ3n) is 3.79. The summed E-state index contributed by atoms with van der Waals surface area (Å²) in [7, 11) is 0. The van der Waals surface area contributed by atoms with E-state index in [0.717, 1.165) is 11.4 Å². The van der Waals surface area contributed by atoms with Crippen LogP contribution in [0.3, 0.4) is 0 Å². The number of carbonyl (C=O) groups is 1. The maximum atomic E-state index is 11.8. The maximum absolute atomic E-state index is 11.8. The van der Waals surface area contributed by atoms with Crippen molar-refractivity contribution >= 4 is 22.5 Å². The zero-order valence-corrected chi connectivity index (χ0v) is 13.3. The Morgan fingerprint density at radius 3 is 2.86 bits per heavy atom. The number of hydrogen-bond acceptors (Lipinski definition) is 5. The average molecular weight is 312 g/mol. The molecule has 2 rings (SSSR count). The van der Waals surface area contributed by atoms with Gasteiger partial charge in [-0.3, -0.25) is 5.32 Å². The average Bonchev–Trinajstić information content (AvgIpc) is 2.94. The highest BCUT2D eigenvalue weighted by Gasteiger charge is 2.20. The molecule has 0 radical (unpaired) electrons. The van der Waals surface area contributed by atoms with E-state index in [-0.39, 0.29) is 18.7 Å². The topological polar surface area (TPSA) is 87.1 Å². The van der Waals surface area contributed by atoms with Gasteiger partial charge in [-0.25, -0.2) is 4.79 Å². The van der Waals surface area contributed by atoms with Gasteiger partial charge in [0.2, 0.25) is 5.13 Å². The van der Waals surface area contributed by atoms with Crippen molar-refractivity contribution in [3.05, 3.63) is 5.01 Å². The number of urea groups is 1. The standard InChI is InChI=1S/C14H24N4O2S/c1-10(6-5-9-19)15-13(20)16-14-18-17-12(21-14)11-7-3-2-4-8-11/h10-11,19H,2-9H2,1H3,(H2,15,16,18,20). The fraction of sp³-hybridized carbons (Fsp3) is 0.786. The fourth-order valence-corrected chi connectivity index (χ4v) is 3.53. The molecule has 0 saturated heterocycles. The molecule has 6 nitrogen and oxygen atoms in total. The van der Waals surface area contributed by atoms with E-state index < -0.39 is 0 Å². The van der Waals surface area contributed by atoms with Gasteiger partial charge in [0.05, 0.1) is 0 Å². The lowest BCUT2D eigenvalue weighted by atomic mass is 9.90. The second-order valence-corrected chi connectivity index (χ2v) is 6.65. The van der Waals surface area contributed by atoms with E-state index in [4.69, 9.17) is 5.11 Å². The van der Waals surface area contributed by atoms with Crippen LogP contribution in [0.25, 0.3) is 0 Å². The van der Waals surface area contributed by atoms with Crippen LogP contribution >= 0.6 is 11.3 Å². The summed E-state index contributed by atoms with van der Waals surface area (Å²) in [6.45, 7) is 2.07. The van der Waals surface area contributed by atoms with Crippen LogP contribution in [0, 0.1) is 0 Å². The first-order chi connectivity index (χ1) is 10.2. The lowest BCUT2D eigenvalue weighted by Crippen LogP contribution is -2.36. The van der Waals surface area contributed by atoms with E-state index in [1.165, 1.54) is 43.4 Å². The van der Waals surface area contributed by atoms with Crippen molar-refractivity contribution in [3.8, 4) is 0 Å². The number of nitrogens with one attached hydrogen (secondary N) is 2. The molecular weight excluding hydrogens is 288 g/mol. The van der Waals surface area contributed by atoms with Gasteiger partial charge in [0.1, 0.15) is 5.01 Å². The number of aromatic nitrogens is 2. The minimum atomic E-state index is -0.258. The van der Waals surface area contributed by atoms with Crippen LogP contribution in [0.15, 0.2) is 0 Å². The SMILES string of the molecule is CC(CCCO)NC(=O)Nc1nnc(C2CCCCC2)s1. The Hall–Kier alpha value is -1.21. The Morgan fingerprint density at radius 1 is 1.38 bits per heavy atom. The number of anilines is 1. The van der Waals surface area contributed by atoms with Gasteiger partial charge >= 0.3 is 6.03 Å². The molecule has 21 heavy (non-hydrogen) atoms. The number of rotatable bonds is 6. The van der Waals surface area contributed by atoms with Crippen molar-refractivity contribution in [1.82, 2.24) is 15.5 Å². The molecular formula is C14H24N4O2S. The molecule has 3 N–H and O–H groups in total. The molecule has 2 amide bonds. The molecule has 0 bridgehead atoms. The molecule has 1 aliphatic rings. The summed E-state index contributed by atoms with van der Waals surface area (Å²) < 4.78 is 0. The zero-order chi connectivity index (χ0) is 15.1. The summed E-state index contributed by atoms with van der Waals surface area (Å²) >= 11 is 1.48. The van der Waals surface area contributed by atoms with Crippen molar-refractivity contribution in [2.45, 2.75) is 63.8 Å². The Labute approximate surface area is 129 Å². The summed E-state index contributed by atoms with van der Waals surface area (Å²) in [5.74, 6) is 0.512. The van der Waals surface area contributed by atoms with Gasteiger partial charge in [-0.1, -0.05) is 30.6 Å². The third kappa shape index (κ3) is 5.24. The summed E-state index contributed by atoms with van der Waals surface area (Å²) in [5, 5.41) is 24.2. The van der Waals surface area contributed by atoms with Gasteiger partial charge in [-0.2, -0.15) is 0 Å². The normalized spacial score (nSPS) is 17.4. The number of carbonyl (C=O) groups excluding carboxylic acids is 1. The van der Waals surface area contributed by atoms with Crippen LogP contribution in [0.4, 0.5) is 9.93 Å². The second kappa shape index (κ2) is 8.29. The number of nitrogens with zero attached hydrogens (tertiary/aromatic N) is 2. The molecule has 1 fully saturated rings. The summed E-state index contributed by atoms with van der Waals surface area (Å²) in [4.78, 5) is 11.8. The largest absolute Gasteiger partial charge is 0.396 e. The van der Waals surface area contributed by atoms with Gasteiger partial charge in [0.15, 0.2) is 0 Å². The van der Waals surface area contributed by atoms with Gasteiger partial charge in [-0.05, 0) is 32.6 Å². The van der Waals surface area contributed by atoms with E-state index in [0.29, 0.717) is 17.5 Å². The van der Waals surface area contributed by atoms with E-state index >= 15 is 0 Å². The van der Waals surface area contributed by atoms with Crippen LogP contribution < -0.4 is 10.6 Å². The van der Waals surface area contributed by atoms with Crippen LogP contribution in [-0.2, 0) is 0 Å². The lowest BCUT2D eigenvalue weighted by molar-refractivity contribution is 0.245. The predicted octanol–water partition coefficient (Wildman–Crippen LogP) is 2.87. The number of aliphatic hydroxyl groups is 1. The minimum Gasteiger partial charge on any atom is -0.396 e. The Kier molecular flexibility index (Phi) is 6.38. The number of aliphatic hydroxyl groups excluding tert-OH is 1. The monoisotopic (exact) mass is 312 g/mol. The zero-order valence-electron chi connectivity index (χ0n) is 12.5. The van der Waals surface area contributed by atoms with Gasteiger partial charge in [0, 0.05) is 18.6 Å². The first-order valence-electron chi connectivity index (χ1n) is 7.71. The van der Waals surface area contributed by atoms with E-state index in [9.17, 15) is 4.79 Å². The number of hydrogen-bond donors (Lipinski definition) is 3. The number of amides is 2. The summed E-state index contributed by atoms with van der Waals surface area (Å²) in [6, 6.07) is -0.227. The molecule has 118 valence electrons. The molecule has 1 aromatic heterocycles. The van der Waals surface area contributed by atoms with Gasteiger partial charge < -0.3 is 10.4 Å². The van der Waals surface area contributed by atoms with Crippen molar-refractivity contribution in [2.24, 2.45) is 0 Å². The third-order valence-corrected chi connectivity index (χ3v) is 4.79. The predicted molar refractivity (Wildman–Crippen MR) is 83.7 cm³/mol. The molecule has 1 unspecified atom stereocenters. The summed E-state index contributed by atoms with van der Waals surface area (Å²) in [5.41, 5.74) is 0. The molecule has 1 saturated carbocycles. The summed E-state index contributed by atoms with van der Waals surface area (Å²) in [6.07, 6.45) is 7.64. The first-order valence-corrected chi connectivity index (χ1v) is 8.52. The first kappa shape index (κ1) is 16.2. The lowest BCUT2D eigenvalue weighted by Gasteiger charge is -2.18. The van der Waals surface area contributed by atoms with E-state index in [1.807, 2.05) is 6.92 Å². The van der Waals surface area contributed by atoms with Gasteiger partial charge in [-0.15, -0.1) is 10.2 Å². The van der Waals surface area contributed by atoms with Crippen molar-refractivity contribution in [1.29, 1.82) is 0 Å². The maximum Gasteiger partial charge on any atom is 0.321 e. The van der Waals surface area contributed by atoms with Crippen LogP contribution in [0.5, 0.6) is 0 Å². The van der Waals surface area contributed by atoms with Crippen molar-refractivity contribution in [3.63, 3.8) is 0 Å². The Bertz CT molecular complexity index is 446. The molecule has 7 heteroatoms. The molecule has 1 aliphatic carbocycles. The highest BCUT2D eigenvalue weighted by Crippen LogP contribution is 2.35.